The molecule has 0 spiro atoms. The lowest BCUT2D eigenvalue weighted by Gasteiger charge is -2.32. The van der Waals surface area contributed by atoms with Gasteiger partial charge in [-0.15, -0.1) is 0 Å². The summed E-state index contributed by atoms with van der Waals surface area (Å²) in [5.41, 5.74) is 2.05. The summed E-state index contributed by atoms with van der Waals surface area (Å²) < 4.78 is 0. The summed E-state index contributed by atoms with van der Waals surface area (Å²) in [6.07, 6.45) is 2.63. The molecule has 1 heterocycles. The number of rotatable bonds is 4. The monoisotopic (exact) mass is 243 g/mol. The van der Waals surface area contributed by atoms with Crippen LogP contribution < -0.4 is 5.32 Å². The molecule has 1 fully saturated rings. The van der Waals surface area contributed by atoms with Crippen molar-refractivity contribution < 1.29 is 0 Å². The van der Waals surface area contributed by atoms with Crippen LogP contribution in [0.5, 0.6) is 0 Å². The number of likely N-dealkylation sites (tertiary alicyclic amines) is 1. The first-order valence-corrected chi connectivity index (χ1v) is 6.68. The van der Waals surface area contributed by atoms with E-state index in [1.54, 1.807) is 0 Å². The average molecular weight is 243 g/mol. The third kappa shape index (κ3) is 3.56. The van der Waals surface area contributed by atoms with Crippen molar-refractivity contribution in [2.24, 2.45) is 5.92 Å². The minimum atomic E-state index is 0.741. The Morgan fingerprint density at radius 2 is 2.17 bits per heavy atom. The Morgan fingerprint density at radius 1 is 1.39 bits per heavy atom. The maximum absolute atomic E-state index is 8.78. The molecule has 1 aromatic rings. The SMILES string of the molecule is CNCC1CCCN(Cc2ccc(C#N)cc2)C1. The van der Waals surface area contributed by atoms with Crippen LogP contribution >= 0.6 is 0 Å². The summed E-state index contributed by atoms with van der Waals surface area (Å²) in [7, 11) is 2.03. The van der Waals surface area contributed by atoms with Gasteiger partial charge in [0.05, 0.1) is 11.6 Å². The van der Waals surface area contributed by atoms with Crippen molar-refractivity contribution in [2.75, 3.05) is 26.7 Å². The molecule has 0 amide bonds. The van der Waals surface area contributed by atoms with Crippen LogP contribution in [-0.4, -0.2) is 31.6 Å². The van der Waals surface area contributed by atoms with Crippen LogP contribution in [0.2, 0.25) is 0 Å². The lowest BCUT2D eigenvalue weighted by atomic mass is 9.97. The van der Waals surface area contributed by atoms with Crippen LogP contribution in [0.25, 0.3) is 0 Å². The van der Waals surface area contributed by atoms with E-state index in [2.05, 4.69) is 28.4 Å². The third-order valence-electron chi connectivity index (χ3n) is 3.59. The maximum Gasteiger partial charge on any atom is 0.0991 e. The van der Waals surface area contributed by atoms with Gasteiger partial charge in [0.1, 0.15) is 0 Å². The van der Waals surface area contributed by atoms with Crippen molar-refractivity contribution in [3.63, 3.8) is 0 Å². The van der Waals surface area contributed by atoms with E-state index in [1.807, 2.05) is 19.2 Å². The molecule has 1 N–H and O–H groups in total. The van der Waals surface area contributed by atoms with Crippen molar-refractivity contribution in [1.82, 2.24) is 10.2 Å². The summed E-state index contributed by atoms with van der Waals surface area (Å²) >= 11 is 0. The van der Waals surface area contributed by atoms with E-state index in [4.69, 9.17) is 5.26 Å². The number of benzene rings is 1. The van der Waals surface area contributed by atoms with Crippen LogP contribution in [0.1, 0.15) is 24.0 Å². The molecule has 1 aliphatic rings. The van der Waals surface area contributed by atoms with Gasteiger partial charge in [-0.05, 0) is 56.6 Å². The first-order valence-electron chi connectivity index (χ1n) is 6.68. The normalized spacial score (nSPS) is 20.6. The molecule has 0 saturated carbocycles. The molecule has 1 aliphatic heterocycles. The Morgan fingerprint density at radius 3 is 2.83 bits per heavy atom. The lowest BCUT2D eigenvalue weighted by Crippen LogP contribution is -2.38. The molecule has 1 atom stereocenters. The molecule has 3 heteroatoms. The first kappa shape index (κ1) is 13.1. The van der Waals surface area contributed by atoms with Gasteiger partial charge in [-0.2, -0.15) is 5.26 Å². The van der Waals surface area contributed by atoms with Gasteiger partial charge in [-0.25, -0.2) is 0 Å². The van der Waals surface area contributed by atoms with Gasteiger partial charge in [-0.1, -0.05) is 12.1 Å². The van der Waals surface area contributed by atoms with E-state index in [-0.39, 0.29) is 0 Å². The quantitative estimate of drug-likeness (QED) is 0.879. The Labute approximate surface area is 109 Å². The second-order valence-electron chi connectivity index (χ2n) is 5.11. The van der Waals surface area contributed by atoms with E-state index >= 15 is 0 Å². The highest BCUT2D eigenvalue weighted by molar-refractivity contribution is 5.31. The smallest absolute Gasteiger partial charge is 0.0991 e. The highest BCUT2D eigenvalue weighted by Crippen LogP contribution is 2.18. The molecule has 0 bridgehead atoms. The molecular formula is C15H21N3. The fourth-order valence-corrected chi connectivity index (χ4v) is 2.69. The highest BCUT2D eigenvalue weighted by atomic mass is 15.1. The van der Waals surface area contributed by atoms with Crippen molar-refractivity contribution in [2.45, 2.75) is 19.4 Å². The molecule has 0 aliphatic carbocycles. The van der Waals surface area contributed by atoms with Crippen LogP contribution in [0, 0.1) is 17.2 Å². The lowest BCUT2D eigenvalue weighted by molar-refractivity contribution is 0.167. The number of nitrogens with zero attached hydrogens (tertiary/aromatic N) is 2. The molecule has 0 radical (unpaired) electrons. The fourth-order valence-electron chi connectivity index (χ4n) is 2.69. The Kier molecular flexibility index (Phi) is 4.74. The fraction of sp³-hybridized carbons (Fsp3) is 0.533. The van der Waals surface area contributed by atoms with E-state index in [9.17, 15) is 0 Å². The number of hydrogen-bond donors (Lipinski definition) is 1. The van der Waals surface area contributed by atoms with Gasteiger partial charge in [0, 0.05) is 13.1 Å². The van der Waals surface area contributed by atoms with Crippen molar-refractivity contribution >= 4 is 0 Å². The van der Waals surface area contributed by atoms with Crippen molar-refractivity contribution in [1.29, 1.82) is 5.26 Å². The predicted octanol–water partition coefficient (Wildman–Crippen LogP) is 1.99. The Balaban J connectivity index is 1.90. The van der Waals surface area contributed by atoms with E-state index in [0.29, 0.717) is 0 Å². The van der Waals surface area contributed by atoms with Crippen molar-refractivity contribution in [3.8, 4) is 6.07 Å². The molecule has 18 heavy (non-hydrogen) atoms. The minimum absolute atomic E-state index is 0.741. The molecule has 96 valence electrons. The Hall–Kier alpha value is -1.37. The number of nitriles is 1. The topological polar surface area (TPSA) is 39.1 Å². The van der Waals surface area contributed by atoms with E-state index in [1.165, 1.54) is 31.5 Å². The summed E-state index contributed by atoms with van der Waals surface area (Å²) in [6, 6.07) is 10.1. The molecule has 1 saturated heterocycles. The number of piperidine rings is 1. The van der Waals surface area contributed by atoms with Crippen LogP contribution in [0.4, 0.5) is 0 Å². The molecule has 0 aromatic heterocycles. The average Bonchev–Trinajstić information content (AvgIpc) is 2.40. The van der Waals surface area contributed by atoms with E-state index in [0.717, 1.165) is 24.6 Å². The summed E-state index contributed by atoms with van der Waals surface area (Å²) in [6.45, 7) is 4.50. The summed E-state index contributed by atoms with van der Waals surface area (Å²) in [4.78, 5) is 2.52. The second-order valence-corrected chi connectivity index (χ2v) is 5.11. The number of hydrogen-bond acceptors (Lipinski definition) is 3. The van der Waals surface area contributed by atoms with E-state index < -0.39 is 0 Å². The van der Waals surface area contributed by atoms with Gasteiger partial charge in [-0.3, -0.25) is 4.90 Å². The number of nitrogens with one attached hydrogen (secondary N) is 1. The van der Waals surface area contributed by atoms with Gasteiger partial charge in [0.15, 0.2) is 0 Å². The standard InChI is InChI=1S/C15H21N3/c1-17-10-15-3-2-8-18(12-15)11-14-6-4-13(9-16)5-7-14/h4-7,15,17H,2-3,8,10-12H2,1H3. The van der Waals surface area contributed by atoms with Gasteiger partial charge < -0.3 is 5.32 Å². The molecular weight excluding hydrogens is 222 g/mol. The summed E-state index contributed by atoms with van der Waals surface area (Å²) in [5, 5.41) is 12.1. The van der Waals surface area contributed by atoms with Gasteiger partial charge >= 0.3 is 0 Å². The molecule has 2 rings (SSSR count). The Bertz CT molecular complexity index is 403. The van der Waals surface area contributed by atoms with Crippen LogP contribution in [0.15, 0.2) is 24.3 Å². The predicted molar refractivity (Wildman–Crippen MR) is 73.1 cm³/mol. The minimum Gasteiger partial charge on any atom is -0.319 e. The second kappa shape index (κ2) is 6.53. The van der Waals surface area contributed by atoms with Crippen molar-refractivity contribution in [3.05, 3.63) is 35.4 Å². The first-order chi connectivity index (χ1) is 8.81. The van der Waals surface area contributed by atoms with Gasteiger partial charge in [0.2, 0.25) is 0 Å². The highest BCUT2D eigenvalue weighted by Gasteiger charge is 2.19. The molecule has 1 aromatic carbocycles. The maximum atomic E-state index is 8.78. The third-order valence-corrected chi connectivity index (χ3v) is 3.59. The van der Waals surface area contributed by atoms with Crippen LogP contribution in [-0.2, 0) is 6.54 Å². The molecule has 3 nitrogen and oxygen atoms in total. The van der Waals surface area contributed by atoms with Gasteiger partial charge in [0.25, 0.3) is 0 Å². The molecule has 1 unspecified atom stereocenters. The zero-order valence-electron chi connectivity index (χ0n) is 11.0. The van der Waals surface area contributed by atoms with Crippen LogP contribution in [0.3, 0.4) is 0 Å². The zero-order chi connectivity index (χ0) is 12.8. The largest absolute Gasteiger partial charge is 0.319 e. The summed E-state index contributed by atoms with van der Waals surface area (Å²) in [5.74, 6) is 0.780. The zero-order valence-corrected chi connectivity index (χ0v) is 11.0.